The smallest absolute Gasteiger partial charge is 0.0943 e. The molecule has 1 fully saturated rings. The molecule has 0 saturated carbocycles. The van der Waals surface area contributed by atoms with Gasteiger partial charge in [0.05, 0.1) is 12.6 Å². The van der Waals surface area contributed by atoms with Crippen LogP contribution in [0, 0.1) is 0 Å². The number of hydrogen-bond acceptors (Lipinski definition) is 1. The van der Waals surface area contributed by atoms with Gasteiger partial charge < -0.3 is 0 Å². The molecule has 3 atom stereocenters. The fourth-order valence-corrected chi connectivity index (χ4v) is 1.60. The fourth-order valence-electron chi connectivity index (χ4n) is 0.605. The SMILES string of the molecule is CN[P+](=O)N1CC1C. The first-order valence-corrected chi connectivity index (χ1v) is 3.88. The first-order valence-electron chi connectivity index (χ1n) is 2.67. The maximum atomic E-state index is 10.7. The standard InChI is InChI=1S/C4H10N2OP/c1-4-3-6(4)8(7)5-2/h4H,3H2,1-2H3,(H,5,7)/q+1. The lowest BCUT2D eigenvalue weighted by atomic mass is 10.6. The Kier molecular flexibility index (Phi) is 1.61. The zero-order valence-corrected chi connectivity index (χ0v) is 5.98. The van der Waals surface area contributed by atoms with Crippen LogP contribution in [-0.2, 0) is 4.57 Å². The zero-order chi connectivity index (χ0) is 6.15. The summed E-state index contributed by atoms with van der Waals surface area (Å²) in [6, 6.07) is 0.533. The van der Waals surface area contributed by atoms with Gasteiger partial charge in [0.1, 0.15) is 0 Å². The van der Waals surface area contributed by atoms with Crippen LogP contribution in [0.2, 0.25) is 0 Å². The molecule has 0 aromatic carbocycles. The van der Waals surface area contributed by atoms with Gasteiger partial charge in [0.25, 0.3) is 0 Å². The van der Waals surface area contributed by atoms with E-state index in [1.807, 2.05) is 4.67 Å². The lowest BCUT2D eigenvalue weighted by Gasteiger charge is -1.78. The predicted molar refractivity (Wildman–Crippen MR) is 32.8 cm³/mol. The first-order chi connectivity index (χ1) is 3.75. The molecule has 1 N–H and O–H groups in total. The predicted octanol–water partition coefficient (Wildman–Crippen LogP) is 0.567. The molecule has 0 aromatic heterocycles. The van der Waals surface area contributed by atoms with Gasteiger partial charge in [-0.15, -0.1) is 0 Å². The van der Waals surface area contributed by atoms with Gasteiger partial charge in [-0.05, 0) is 11.5 Å². The minimum absolute atomic E-state index is 0.533. The summed E-state index contributed by atoms with van der Waals surface area (Å²) in [6.45, 7) is 3.04. The average Bonchev–Trinajstić information content (AvgIpc) is 2.45. The molecule has 3 nitrogen and oxygen atoms in total. The van der Waals surface area contributed by atoms with Crippen LogP contribution in [0.4, 0.5) is 0 Å². The molecule has 4 heteroatoms. The summed E-state index contributed by atoms with van der Waals surface area (Å²) in [5, 5.41) is 2.69. The maximum absolute atomic E-state index is 10.7. The highest BCUT2D eigenvalue weighted by atomic mass is 31.1. The lowest BCUT2D eigenvalue weighted by Crippen LogP contribution is -1.98. The third-order valence-electron chi connectivity index (χ3n) is 1.25. The van der Waals surface area contributed by atoms with Crippen molar-refractivity contribution in [3.05, 3.63) is 0 Å². The normalized spacial score (nSPS) is 37.0. The minimum Gasteiger partial charge on any atom is -0.0943 e. The van der Waals surface area contributed by atoms with Crippen molar-refractivity contribution in [1.29, 1.82) is 0 Å². The van der Waals surface area contributed by atoms with Crippen molar-refractivity contribution < 1.29 is 4.57 Å². The minimum atomic E-state index is -1.23. The molecule has 1 heterocycles. The summed E-state index contributed by atoms with van der Waals surface area (Å²) in [6.07, 6.45) is 0. The molecule has 46 valence electrons. The molecular weight excluding hydrogens is 123 g/mol. The Hall–Kier alpha value is 0.0200. The van der Waals surface area contributed by atoms with E-state index in [1.54, 1.807) is 7.05 Å². The molecule has 8 heavy (non-hydrogen) atoms. The molecule has 1 aliphatic rings. The molecule has 0 aliphatic carbocycles. The molecule has 3 unspecified atom stereocenters. The summed E-state index contributed by atoms with van der Waals surface area (Å²) in [5.74, 6) is 0. The van der Waals surface area contributed by atoms with E-state index in [1.165, 1.54) is 0 Å². The van der Waals surface area contributed by atoms with Gasteiger partial charge in [0, 0.05) is 7.05 Å². The molecule has 0 aromatic rings. The number of rotatable bonds is 2. The molecule has 1 saturated heterocycles. The van der Waals surface area contributed by atoms with Crippen molar-refractivity contribution in [3.8, 4) is 0 Å². The summed E-state index contributed by atoms with van der Waals surface area (Å²) in [7, 11) is 0.480. The van der Waals surface area contributed by atoms with Gasteiger partial charge in [-0.2, -0.15) is 0 Å². The van der Waals surface area contributed by atoms with Crippen LogP contribution in [0.1, 0.15) is 6.92 Å². The molecule has 0 radical (unpaired) electrons. The van der Waals surface area contributed by atoms with E-state index < -0.39 is 8.10 Å². The Labute approximate surface area is 50.0 Å². The van der Waals surface area contributed by atoms with E-state index in [0.29, 0.717) is 6.04 Å². The summed E-state index contributed by atoms with van der Waals surface area (Å²) >= 11 is 0. The Balaban J connectivity index is 2.28. The van der Waals surface area contributed by atoms with E-state index >= 15 is 0 Å². The third kappa shape index (κ3) is 1.05. The van der Waals surface area contributed by atoms with Crippen LogP contribution in [0.25, 0.3) is 0 Å². The Morgan fingerprint density at radius 1 is 1.88 bits per heavy atom. The summed E-state index contributed by atoms with van der Waals surface area (Å²) < 4.78 is 12.7. The second-order valence-corrected chi connectivity index (χ2v) is 3.47. The third-order valence-corrected chi connectivity index (χ3v) is 2.66. The van der Waals surface area contributed by atoms with E-state index in [9.17, 15) is 4.57 Å². The zero-order valence-electron chi connectivity index (χ0n) is 5.09. The largest absolute Gasteiger partial charge is 0.534 e. The highest BCUT2D eigenvalue weighted by molar-refractivity contribution is 7.40. The van der Waals surface area contributed by atoms with E-state index in [0.717, 1.165) is 6.54 Å². The van der Waals surface area contributed by atoms with Gasteiger partial charge >= 0.3 is 8.10 Å². The molecular formula is C4H10N2OP+. The van der Waals surface area contributed by atoms with Crippen molar-refractivity contribution in [2.75, 3.05) is 13.6 Å². The van der Waals surface area contributed by atoms with Crippen LogP contribution in [0.15, 0.2) is 0 Å². The van der Waals surface area contributed by atoms with Crippen LogP contribution in [0.3, 0.4) is 0 Å². The fraction of sp³-hybridized carbons (Fsp3) is 1.00. The summed E-state index contributed by atoms with van der Waals surface area (Å²) in [4.78, 5) is 0. The second-order valence-electron chi connectivity index (χ2n) is 1.97. The number of nitrogens with zero attached hydrogens (tertiary/aromatic N) is 1. The van der Waals surface area contributed by atoms with Gasteiger partial charge in [-0.1, -0.05) is 9.76 Å². The quantitative estimate of drug-likeness (QED) is 0.441. The van der Waals surface area contributed by atoms with Crippen LogP contribution < -0.4 is 5.09 Å². The Morgan fingerprint density at radius 3 is 2.50 bits per heavy atom. The highest BCUT2D eigenvalue weighted by Gasteiger charge is 2.45. The van der Waals surface area contributed by atoms with Crippen molar-refractivity contribution in [3.63, 3.8) is 0 Å². The second kappa shape index (κ2) is 2.09. The number of hydrogen-bond donors (Lipinski definition) is 1. The Morgan fingerprint density at radius 2 is 2.38 bits per heavy atom. The maximum Gasteiger partial charge on any atom is 0.534 e. The summed E-state index contributed by atoms with van der Waals surface area (Å²) in [5.41, 5.74) is 0. The van der Waals surface area contributed by atoms with Crippen molar-refractivity contribution in [1.82, 2.24) is 9.76 Å². The van der Waals surface area contributed by atoms with Crippen LogP contribution >= 0.6 is 8.10 Å². The lowest BCUT2D eigenvalue weighted by molar-refractivity contribution is 0.555. The highest BCUT2D eigenvalue weighted by Crippen LogP contribution is 2.34. The van der Waals surface area contributed by atoms with Gasteiger partial charge in [0.2, 0.25) is 0 Å². The Bertz CT molecular complexity index is 117. The van der Waals surface area contributed by atoms with E-state index in [2.05, 4.69) is 12.0 Å². The number of nitrogens with one attached hydrogen (secondary N) is 1. The van der Waals surface area contributed by atoms with Crippen LogP contribution in [0.5, 0.6) is 0 Å². The molecule has 1 rings (SSSR count). The van der Waals surface area contributed by atoms with Crippen molar-refractivity contribution >= 4 is 8.10 Å². The van der Waals surface area contributed by atoms with Crippen molar-refractivity contribution in [2.45, 2.75) is 13.0 Å². The van der Waals surface area contributed by atoms with E-state index in [-0.39, 0.29) is 0 Å². The first kappa shape index (κ1) is 6.14. The topological polar surface area (TPSA) is 32.1 Å². The van der Waals surface area contributed by atoms with Gasteiger partial charge in [0.15, 0.2) is 0 Å². The van der Waals surface area contributed by atoms with E-state index in [4.69, 9.17) is 0 Å². The monoisotopic (exact) mass is 133 g/mol. The molecule has 0 spiro atoms. The molecule has 0 bridgehead atoms. The van der Waals surface area contributed by atoms with Gasteiger partial charge in [-0.3, -0.25) is 0 Å². The van der Waals surface area contributed by atoms with Gasteiger partial charge in [-0.25, -0.2) is 0 Å². The van der Waals surface area contributed by atoms with Crippen LogP contribution in [-0.4, -0.2) is 24.3 Å². The molecule has 1 aliphatic heterocycles. The average molecular weight is 133 g/mol. The van der Waals surface area contributed by atoms with Crippen molar-refractivity contribution in [2.24, 2.45) is 0 Å². The molecule has 0 amide bonds.